The highest BCUT2D eigenvalue weighted by atomic mass is 16.3. The molecule has 0 unspecified atom stereocenters. The zero-order chi connectivity index (χ0) is 14.7. The van der Waals surface area contributed by atoms with Crippen molar-refractivity contribution >= 4 is 17.3 Å². The maximum absolute atomic E-state index is 12.2. The summed E-state index contributed by atoms with van der Waals surface area (Å²) >= 11 is 0. The summed E-state index contributed by atoms with van der Waals surface area (Å²) in [7, 11) is 0. The van der Waals surface area contributed by atoms with Crippen LogP contribution < -0.4 is 11.1 Å². The molecule has 20 heavy (non-hydrogen) atoms. The van der Waals surface area contributed by atoms with Crippen molar-refractivity contribution in [1.82, 2.24) is 0 Å². The predicted molar refractivity (Wildman–Crippen MR) is 81.0 cm³/mol. The lowest BCUT2D eigenvalue weighted by Gasteiger charge is -2.10. The molecule has 0 aliphatic heterocycles. The van der Waals surface area contributed by atoms with Gasteiger partial charge in [0.1, 0.15) is 5.75 Å². The van der Waals surface area contributed by atoms with E-state index in [4.69, 9.17) is 5.73 Å². The molecule has 0 heterocycles. The molecule has 1 amide bonds. The Morgan fingerprint density at radius 3 is 2.65 bits per heavy atom. The van der Waals surface area contributed by atoms with Crippen molar-refractivity contribution in [3.8, 4) is 5.75 Å². The minimum atomic E-state index is -0.267. The molecule has 0 bridgehead atoms. The quantitative estimate of drug-likeness (QED) is 0.592. The molecule has 104 valence electrons. The number of rotatable bonds is 3. The maximum atomic E-state index is 12.2. The van der Waals surface area contributed by atoms with Crippen LogP contribution >= 0.6 is 0 Å². The Morgan fingerprint density at radius 2 is 2.00 bits per heavy atom. The highest BCUT2D eigenvalue weighted by molar-refractivity contribution is 6.05. The standard InChI is InChI=1S/C16H18N2O2/c1-3-11-4-7-15(19)14(9-11)18-16(20)12-5-6-13(17)10(2)8-12/h4-9,19H,3,17H2,1-2H3,(H,18,20). The van der Waals surface area contributed by atoms with Gasteiger partial charge in [0.2, 0.25) is 0 Å². The summed E-state index contributed by atoms with van der Waals surface area (Å²) in [5.41, 5.74) is 9.21. The molecule has 0 fully saturated rings. The number of nitrogens with two attached hydrogens (primary N) is 1. The normalized spacial score (nSPS) is 10.3. The molecule has 0 saturated heterocycles. The number of carbonyl (C=O) groups is 1. The van der Waals surface area contributed by atoms with Crippen LogP contribution in [-0.4, -0.2) is 11.0 Å². The number of amides is 1. The SMILES string of the molecule is CCc1ccc(O)c(NC(=O)c2ccc(N)c(C)c2)c1. The van der Waals surface area contributed by atoms with Crippen LogP contribution in [0.4, 0.5) is 11.4 Å². The summed E-state index contributed by atoms with van der Waals surface area (Å²) in [6.45, 7) is 3.86. The fourth-order valence-electron chi connectivity index (χ4n) is 1.91. The van der Waals surface area contributed by atoms with Crippen molar-refractivity contribution in [2.75, 3.05) is 11.1 Å². The lowest BCUT2D eigenvalue weighted by Crippen LogP contribution is -2.12. The van der Waals surface area contributed by atoms with E-state index in [-0.39, 0.29) is 11.7 Å². The molecule has 2 aromatic carbocycles. The van der Waals surface area contributed by atoms with Crippen molar-refractivity contribution in [2.45, 2.75) is 20.3 Å². The summed E-state index contributed by atoms with van der Waals surface area (Å²) < 4.78 is 0. The summed E-state index contributed by atoms with van der Waals surface area (Å²) in [6, 6.07) is 10.3. The Kier molecular flexibility index (Phi) is 3.94. The van der Waals surface area contributed by atoms with E-state index in [9.17, 15) is 9.90 Å². The molecule has 2 aromatic rings. The number of hydrogen-bond acceptors (Lipinski definition) is 3. The van der Waals surface area contributed by atoms with E-state index in [0.29, 0.717) is 16.9 Å². The van der Waals surface area contributed by atoms with Crippen LogP contribution in [0.2, 0.25) is 0 Å². The Labute approximate surface area is 118 Å². The molecule has 0 atom stereocenters. The smallest absolute Gasteiger partial charge is 0.255 e. The fraction of sp³-hybridized carbons (Fsp3) is 0.188. The topological polar surface area (TPSA) is 75.3 Å². The third kappa shape index (κ3) is 2.91. The molecular weight excluding hydrogens is 252 g/mol. The van der Waals surface area contributed by atoms with Gasteiger partial charge in [-0.15, -0.1) is 0 Å². The Bertz CT molecular complexity index is 651. The number of anilines is 2. The summed E-state index contributed by atoms with van der Waals surface area (Å²) in [5, 5.41) is 12.5. The van der Waals surface area contributed by atoms with Gasteiger partial charge in [0.05, 0.1) is 5.69 Å². The van der Waals surface area contributed by atoms with Gasteiger partial charge in [0, 0.05) is 11.3 Å². The monoisotopic (exact) mass is 270 g/mol. The molecule has 2 rings (SSSR count). The molecule has 0 spiro atoms. The Balaban J connectivity index is 2.25. The van der Waals surface area contributed by atoms with Gasteiger partial charge < -0.3 is 16.2 Å². The van der Waals surface area contributed by atoms with Crippen molar-refractivity contribution < 1.29 is 9.90 Å². The van der Waals surface area contributed by atoms with E-state index < -0.39 is 0 Å². The summed E-state index contributed by atoms with van der Waals surface area (Å²) in [4.78, 5) is 12.2. The highest BCUT2D eigenvalue weighted by Gasteiger charge is 2.10. The first-order chi connectivity index (χ1) is 9.51. The van der Waals surface area contributed by atoms with Crippen LogP contribution in [0, 0.1) is 6.92 Å². The molecule has 0 aliphatic carbocycles. The van der Waals surface area contributed by atoms with Gasteiger partial charge in [-0.1, -0.05) is 13.0 Å². The van der Waals surface area contributed by atoms with Crippen LogP contribution in [-0.2, 0) is 6.42 Å². The molecular formula is C16H18N2O2. The van der Waals surface area contributed by atoms with E-state index in [0.717, 1.165) is 17.5 Å². The average molecular weight is 270 g/mol. The molecule has 0 aliphatic rings. The summed E-state index contributed by atoms with van der Waals surface area (Å²) in [6.07, 6.45) is 0.837. The zero-order valence-electron chi connectivity index (χ0n) is 11.6. The number of nitrogen functional groups attached to an aromatic ring is 1. The minimum absolute atomic E-state index is 0.0581. The van der Waals surface area contributed by atoms with Gasteiger partial charge in [0.25, 0.3) is 5.91 Å². The first-order valence-corrected chi connectivity index (χ1v) is 6.50. The van der Waals surface area contributed by atoms with Crippen molar-refractivity contribution in [3.63, 3.8) is 0 Å². The Morgan fingerprint density at radius 1 is 1.25 bits per heavy atom. The highest BCUT2D eigenvalue weighted by Crippen LogP contribution is 2.25. The summed E-state index contributed by atoms with van der Waals surface area (Å²) in [5.74, 6) is -0.209. The number of aromatic hydroxyl groups is 1. The van der Waals surface area contributed by atoms with Gasteiger partial charge >= 0.3 is 0 Å². The molecule has 4 heteroatoms. The maximum Gasteiger partial charge on any atom is 0.255 e. The van der Waals surface area contributed by atoms with Crippen LogP contribution in [0.3, 0.4) is 0 Å². The number of benzene rings is 2. The van der Waals surface area contributed by atoms with Gasteiger partial charge in [-0.05, 0) is 54.8 Å². The number of hydrogen-bond donors (Lipinski definition) is 3. The second-order valence-corrected chi connectivity index (χ2v) is 4.73. The Hall–Kier alpha value is -2.49. The third-order valence-electron chi connectivity index (χ3n) is 3.25. The van der Waals surface area contributed by atoms with E-state index in [1.807, 2.05) is 19.9 Å². The van der Waals surface area contributed by atoms with E-state index >= 15 is 0 Å². The lowest BCUT2D eigenvalue weighted by molar-refractivity contribution is 0.102. The second-order valence-electron chi connectivity index (χ2n) is 4.73. The minimum Gasteiger partial charge on any atom is -0.506 e. The van der Waals surface area contributed by atoms with Crippen molar-refractivity contribution in [2.24, 2.45) is 0 Å². The predicted octanol–water partition coefficient (Wildman–Crippen LogP) is 3.10. The van der Waals surface area contributed by atoms with Crippen LogP contribution in [0.1, 0.15) is 28.4 Å². The lowest BCUT2D eigenvalue weighted by atomic mass is 10.1. The van der Waals surface area contributed by atoms with E-state index in [2.05, 4.69) is 5.32 Å². The molecule has 4 nitrogen and oxygen atoms in total. The second kappa shape index (κ2) is 5.65. The van der Waals surface area contributed by atoms with Gasteiger partial charge in [0.15, 0.2) is 0 Å². The first kappa shape index (κ1) is 13.9. The molecule has 4 N–H and O–H groups in total. The first-order valence-electron chi connectivity index (χ1n) is 6.50. The van der Waals surface area contributed by atoms with E-state index in [1.54, 1.807) is 30.3 Å². The van der Waals surface area contributed by atoms with Gasteiger partial charge in [-0.2, -0.15) is 0 Å². The third-order valence-corrected chi connectivity index (χ3v) is 3.25. The number of carbonyl (C=O) groups excluding carboxylic acids is 1. The number of phenols is 1. The van der Waals surface area contributed by atoms with Gasteiger partial charge in [-0.25, -0.2) is 0 Å². The van der Waals surface area contributed by atoms with Crippen molar-refractivity contribution in [3.05, 3.63) is 53.1 Å². The van der Waals surface area contributed by atoms with Crippen LogP contribution in [0.15, 0.2) is 36.4 Å². The fourth-order valence-corrected chi connectivity index (χ4v) is 1.91. The van der Waals surface area contributed by atoms with Crippen LogP contribution in [0.25, 0.3) is 0 Å². The van der Waals surface area contributed by atoms with E-state index in [1.165, 1.54) is 0 Å². The van der Waals surface area contributed by atoms with Gasteiger partial charge in [-0.3, -0.25) is 4.79 Å². The number of nitrogens with one attached hydrogen (secondary N) is 1. The number of aryl methyl sites for hydroxylation is 2. The molecule has 0 aromatic heterocycles. The number of phenolic OH excluding ortho intramolecular Hbond substituents is 1. The molecule has 0 radical (unpaired) electrons. The largest absolute Gasteiger partial charge is 0.506 e. The zero-order valence-corrected chi connectivity index (χ0v) is 11.6. The molecule has 0 saturated carbocycles. The van der Waals surface area contributed by atoms with Crippen molar-refractivity contribution in [1.29, 1.82) is 0 Å². The average Bonchev–Trinajstić information content (AvgIpc) is 2.44. The van der Waals surface area contributed by atoms with Crippen LogP contribution in [0.5, 0.6) is 5.75 Å².